The molecule has 0 heterocycles. The first-order chi connectivity index (χ1) is 12.5. The molecule has 0 unspecified atom stereocenters. The molecule has 26 heavy (non-hydrogen) atoms. The first-order valence-electron chi connectivity index (χ1n) is 7.96. The lowest BCUT2D eigenvalue weighted by Gasteiger charge is -1.96. The van der Waals surface area contributed by atoms with Gasteiger partial charge in [0, 0.05) is 12.5 Å². The highest BCUT2D eigenvalue weighted by Gasteiger charge is 1.98. The fraction of sp³-hybridized carbons (Fsp3) is 0.150. The van der Waals surface area contributed by atoms with Gasteiger partial charge in [0.05, 0.1) is 0 Å². The molecule has 6 nitrogen and oxygen atoms in total. The maximum Gasteiger partial charge on any atom is 0.322 e. The van der Waals surface area contributed by atoms with Crippen molar-refractivity contribution < 1.29 is 24.6 Å². The molecule has 0 aromatic heterocycles. The highest BCUT2D eigenvalue weighted by molar-refractivity contribution is 5.93. The van der Waals surface area contributed by atoms with Crippen LogP contribution in [0.4, 0.5) is 0 Å². The molecule has 0 aliphatic heterocycles. The van der Waals surface area contributed by atoms with E-state index in [9.17, 15) is 14.4 Å². The molecule has 0 radical (unpaired) electrons. The highest BCUT2D eigenvalue weighted by Crippen LogP contribution is 2.01. The molecule has 0 aliphatic carbocycles. The number of nitrogens with one attached hydrogen (secondary N) is 1. The summed E-state index contributed by atoms with van der Waals surface area (Å²) in [4.78, 5) is 31.4. The van der Waals surface area contributed by atoms with Gasteiger partial charge in [-0.3, -0.25) is 14.4 Å². The summed E-state index contributed by atoms with van der Waals surface area (Å²) in [6, 6.07) is 18.9. The molecule has 136 valence electrons. The maximum absolute atomic E-state index is 11.1. The molecule has 0 atom stereocenters. The van der Waals surface area contributed by atoms with Crippen LogP contribution in [0.15, 0.2) is 66.7 Å². The number of rotatable bonds is 7. The second kappa shape index (κ2) is 12.0. The predicted octanol–water partition coefficient (Wildman–Crippen LogP) is 2.60. The Balaban J connectivity index is 0.000000273. The van der Waals surface area contributed by atoms with Crippen molar-refractivity contribution in [3.8, 4) is 0 Å². The molecule has 0 fully saturated rings. The van der Waals surface area contributed by atoms with Crippen LogP contribution in [-0.4, -0.2) is 34.6 Å². The molecule has 2 aromatic rings. The number of hydrogen-bond acceptors (Lipinski definition) is 3. The SMILES string of the molecule is O=C(O)CCc1ccccc1.O=C(O)CNC(=O)C=Cc1ccccc1. The van der Waals surface area contributed by atoms with Crippen molar-refractivity contribution in [2.24, 2.45) is 0 Å². The molecule has 1 amide bonds. The smallest absolute Gasteiger partial charge is 0.322 e. The fourth-order valence-electron chi connectivity index (χ4n) is 1.85. The van der Waals surface area contributed by atoms with Crippen LogP contribution in [0.1, 0.15) is 17.5 Å². The van der Waals surface area contributed by atoms with E-state index in [0.717, 1.165) is 11.1 Å². The first-order valence-corrected chi connectivity index (χ1v) is 7.96. The van der Waals surface area contributed by atoms with Gasteiger partial charge in [-0.1, -0.05) is 60.7 Å². The Morgan fingerprint density at radius 1 is 0.846 bits per heavy atom. The van der Waals surface area contributed by atoms with Gasteiger partial charge in [0.15, 0.2) is 0 Å². The van der Waals surface area contributed by atoms with Gasteiger partial charge >= 0.3 is 11.9 Å². The van der Waals surface area contributed by atoms with Crippen molar-refractivity contribution in [1.82, 2.24) is 5.32 Å². The summed E-state index contributed by atoms with van der Waals surface area (Å²) in [5.74, 6) is -2.22. The van der Waals surface area contributed by atoms with Crippen LogP contribution < -0.4 is 5.32 Å². The topological polar surface area (TPSA) is 104 Å². The van der Waals surface area contributed by atoms with Gasteiger partial charge in [0.1, 0.15) is 6.54 Å². The number of benzene rings is 2. The van der Waals surface area contributed by atoms with Gasteiger partial charge in [0.2, 0.25) is 5.91 Å². The Morgan fingerprint density at radius 2 is 1.42 bits per heavy atom. The van der Waals surface area contributed by atoms with E-state index in [2.05, 4.69) is 5.32 Å². The zero-order valence-corrected chi connectivity index (χ0v) is 14.2. The fourth-order valence-corrected chi connectivity index (χ4v) is 1.85. The summed E-state index contributed by atoms with van der Waals surface area (Å²) >= 11 is 0. The van der Waals surface area contributed by atoms with Gasteiger partial charge in [-0.2, -0.15) is 0 Å². The van der Waals surface area contributed by atoms with E-state index in [-0.39, 0.29) is 13.0 Å². The number of amides is 1. The van der Waals surface area contributed by atoms with Crippen molar-refractivity contribution in [2.45, 2.75) is 12.8 Å². The molecule has 2 aromatic carbocycles. The predicted molar refractivity (Wildman–Crippen MR) is 98.5 cm³/mol. The normalized spacial score (nSPS) is 9.85. The van der Waals surface area contributed by atoms with E-state index >= 15 is 0 Å². The van der Waals surface area contributed by atoms with E-state index in [1.807, 2.05) is 60.7 Å². The number of carboxylic acid groups (broad SMARTS) is 2. The monoisotopic (exact) mass is 355 g/mol. The van der Waals surface area contributed by atoms with Gasteiger partial charge in [-0.15, -0.1) is 0 Å². The Labute approximate surface area is 151 Å². The number of hydrogen-bond donors (Lipinski definition) is 3. The van der Waals surface area contributed by atoms with Crippen molar-refractivity contribution in [1.29, 1.82) is 0 Å². The van der Waals surface area contributed by atoms with E-state index in [1.165, 1.54) is 6.08 Å². The lowest BCUT2D eigenvalue weighted by molar-refractivity contribution is -0.137. The molecule has 0 bridgehead atoms. The summed E-state index contributed by atoms with van der Waals surface area (Å²) < 4.78 is 0. The molecule has 0 aliphatic rings. The lowest BCUT2D eigenvalue weighted by Crippen LogP contribution is -2.27. The summed E-state index contributed by atoms with van der Waals surface area (Å²) in [5, 5.41) is 18.9. The average Bonchev–Trinajstić information content (AvgIpc) is 2.65. The molecule has 0 saturated heterocycles. The Morgan fingerprint density at radius 3 is 1.96 bits per heavy atom. The molecule has 6 heteroatoms. The quantitative estimate of drug-likeness (QED) is 0.662. The minimum atomic E-state index is -1.06. The molecule has 0 saturated carbocycles. The standard InChI is InChI=1S/C11H11NO3.C9H10O2/c13-10(12-8-11(14)15)7-6-9-4-2-1-3-5-9;10-9(11)7-6-8-4-2-1-3-5-8/h1-7H,8H2,(H,12,13)(H,14,15);1-5H,6-7H2,(H,10,11). The summed E-state index contributed by atoms with van der Waals surface area (Å²) in [6.07, 6.45) is 3.76. The third kappa shape index (κ3) is 10.4. The summed E-state index contributed by atoms with van der Waals surface area (Å²) in [6.45, 7) is -0.363. The van der Waals surface area contributed by atoms with E-state index in [0.29, 0.717) is 6.42 Å². The van der Waals surface area contributed by atoms with Crippen LogP contribution in [-0.2, 0) is 20.8 Å². The Bertz CT molecular complexity index is 726. The Hall–Kier alpha value is -3.41. The number of carboxylic acids is 2. The molecule has 0 spiro atoms. The van der Waals surface area contributed by atoms with Gasteiger partial charge in [-0.05, 0) is 23.6 Å². The van der Waals surface area contributed by atoms with Crippen LogP contribution in [0, 0.1) is 0 Å². The average molecular weight is 355 g/mol. The third-order valence-electron chi connectivity index (χ3n) is 3.11. The second-order valence-electron chi connectivity index (χ2n) is 5.23. The number of aryl methyl sites for hydroxylation is 1. The largest absolute Gasteiger partial charge is 0.481 e. The molecular weight excluding hydrogens is 334 g/mol. The van der Waals surface area contributed by atoms with Crippen LogP contribution in [0.25, 0.3) is 6.08 Å². The Kier molecular flexibility index (Phi) is 9.54. The van der Waals surface area contributed by atoms with Crippen molar-refractivity contribution >= 4 is 23.9 Å². The van der Waals surface area contributed by atoms with Crippen LogP contribution >= 0.6 is 0 Å². The third-order valence-corrected chi connectivity index (χ3v) is 3.11. The lowest BCUT2D eigenvalue weighted by atomic mass is 10.1. The summed E-state index contributed by atoms with van der Waals surface area (Å²) in [7, 11) is 0. The number of carbonyl (C=O) groups excluding carboxylic acids is 1. The van der Waals surface area contributed by atoms with Gasteiger partial charge < -0.3 is 15.5 Å². The zero-order valence-electron chi connectivity index (χ0n) is 14.2. The van der Waals surface area contributed by atoms with Crippen molar-refractivity contribution in [2.75, 3.05) is 6.54 Å². The van der Waals surface area contributed by atoms with Crippen LogP contribution in [0.3, 0.4) is 0 Å². The minimum absolute atomic E-state index is 0.212. The van der Waals surface area contributed by atoms with E-state index in [4.69, 9.17) is 10.2 Å². The number of carbonyl (C=O) groups is 3. The van der Waals surface area contributed by atoms with Gasteiger partial charge in [0.25, 0.3) is 0 Å². The highest BCUT2D eigenvalue weighted by atomic mass is 16.4. The maximum atomic E-state index is 11.1. The minimum Gasteiger partial charge on any atom is -0.481 e. The molecule has 3 N–H and O–H groups in total. The van der Waals surface area contributed by atoms with Gasteiger partial charge in [-0.25, -0.2) is 0 Å². The van der Waals surface area contributed by atoms with Crippen molar-refractivity contribution in [3.05, 3.63) is 77.9 Å². The first kappa shape index (κ1) is 20.6. The van der Waals surface area contributed by atoms with Crippen molar-refractivity contribution in [3.63, 3.8) is 0 Å². The van der Waals surface area contributed by atoms with E-state index in [1.54, 1.807) is 6.08 Å². The molecule has 2 rings (SSSR count). The number of aliphatic carboxylic acids is 2. The van der Waals surface area contributed by atoms with Crippen LogP contribution in [0.2, 0.25) is 0 Å². The summed E-state index contributed by atoms with van der Waals surface area (Å²) in [5.41, 5.74) is 1.97. The molecular formula is C20H21NO5. The zero-order chi connectivity index (χ0) is 19.2. The van der Waals surface area contributed by atoms with E-state index < -0.39 is 17.8 Å². The second-order valence-corrected chi connectivity index (χ2v) is 5.23. The van der Waals surface area contributed by atoms with Crippen LogP contribution in [0.5, 0.6) is 0 Å².